The molecule has 4 heteroatoms. The normalized spacial score (nSPS) is 16.5. The zero-order valence-corrected chi connectivity index (χ0v) is 11.7. The number of anilines is 1. The van der Waals surface area contributed by atoms with Crippen LogP contribution in [0.1, 0.15) is 42.6 Å². The molecule has 1 saturated carbocycles. The van der Waals surface area contributed by atoms with E-state index in [0.29, 0.717) is 29.3 Å². The minimum atomic E-state index is -0.435. The van der Waals surface area contributed by atoms with Crippen LogP contribution in [0.15, 0.2) is 12.1 Å². The number of carbonyl (C=O) groups excluding carboxylic acids is 1. The maximum absolute atomic E-state index is 13.6. The van der Waals surface area contributed by atoms with E-state index in [1.807, 2.05) is 0 Å². The van der Waals surface area contributed by atoms with Gasteiger partial charge >= 0.3 is 0 Å². The van der Waals surface area contributed by atoms with E-state index < -0.39 is 5.82 Å². The number of hydrogen-bond donors (Lipinski definition) is 2. The van der Waals surface area contributed by atoms with Crippen LogP contribution in [0.25, 0.3) is 0 Å². The Morgan fingerprint density at radius 3 is 2.58 bits per heavy atom. The minimum absolute atomic E-state index is 0.241. The number of carbonyl (C=O) groups is 1. The Kier molecular flexibility index (Phi) is 3.52. The Morgan fingerprint density at radius 1 is 1.47 bits per heavy atom. The van der Waals surface area contributed by atoms with Crippen LogP contribution in [0.5, 0.6) is 0 Å². The topological polar surface area (TPSA) is 55.1 Å². The van der Waals surface area contributed by atoms with Gasteiger partial charge in [-0.3, -0.25) is 4.79 Å². The molecule has 0 aliphatic heterocycles. The molecule has 1 aromatic carbocycles. The molecule has 0 heterocycles. The lowest BCUT2D eigenvalue weighted by molar-refractivity contribution is 0.0939. The molecule has 1 aromatic rings. The standard InChI is InChI=1S/C15H21FN2O/c1-9(2)15(4-5-15)8-18-14(19)11-6-12(16)10(3)13(17)7-11/h6-7,9H,4-5,8,17H2,1-3H3,(H,18,19). The summed E-state index contributed by atoms with van der Waals surface area (Å²) < 4.78 is 13.6. The van der Waals surface area contributed by atoms with Crippen molar-refractivity contribution >= 4 is 11.6 Å². The molecule has 19 heavy (non-hydrogen) atoms. The van der Waals surface area contributed by atoms with Crippen LogP contribution in [-0.4, -0.2) is 12.5 Å². The van der Waals surface area contributed by atoms with E-state index in [0.717, 1.165) is 12.8 Å². The van der Waals surface area contributed by atoms with Crippen LogP contribution in [-0.2, 0) is 0 Å². The van der Waals surface area contributed by atoms with Crippen LogP contribution in [0.4, 0.5) is 10.1 Å². The van der Waals surface area contributed by atoms with Gasteiger partial charge in [0.15, 0.2) is 0 Å². The third-order valence-electron chi connectivity index (χ3n) is 4.36. The van der Waals surface area contributed by atoms with Crippen molar-refractivity contribution in [3.05, 3.63) is 29.1 Å². The van der Waals surface area contributed by atoms with E-state index in [1.165, 1.54) is 12.1 Å². The SMILES string of the molecule is Cc1c(N)cc(C(=O)NCC2(C(C)C)CC2)cc1F. The second kappa shape index (κ2) is 4.83. The molecule has 1 aliphatic carbocycles. The predicted molar refractivity (Wildman–Crippen MR) is 74.4 cm³/mol. The summed E-state index contributed by atoms with van der Waals surface area (Å²) in [6.45, 7) is 6.59. The highest BCUT2D eigenvalue weighted by molar-refractivity contribution is 5.95. The van der Waals surface area contributed by atoms with Gasteiger partial charge in [-0.2, -0.15) is 0 Å². The van der Waals surface area contributed by atoms with Gasteiger partial charge in [0, 0.05) is 23.4 Å². The van der Waals surface area contributed by atoms with Gasteiger partial charge in [-0.1, -0.05) is 13.8 Å². The molecule has 1 aliphatic rings. The van der Waals surface area contributed by atoms with Crippen molar-refractivity contribution in [1.29, 1.82) is 0 Å². The zero-order valence-electron chi connectivity index (χ0n) is 11.7. The molecule has 0 atom stereocenters. The summed E-state index contributed by atoms with van der Waals surface area (Å²) in [6, 6.07) is 2.78. The number of rotatable bonds is 4. The highest BCUT2D eigenvalue weighted by Gasteiger charge is 2.45. The second-order valence-electron chi connectivity index (χ2n) is 5.87. The van der Waals surface area contributed by atoms with Crippen molar-refractivity contribution in [3.8, 4) is 0 Å². The molecule has 3 N–H and O–H groups in total. The molecule has 0 saturated heterocycles. The lowest BCUT2D eigenvalue weighted by Crippen LogP contribution is -2.32. The third kappa shape index (κ3) is 2.72. The van der Waals surface area contributed by atoms with Crippen LogP contribution >= 0.6 is 0 Å². The first kappa shape index (κ1) is 13.8. The zero-order chi connectivity index (χ0) is 14.2. The van der Waals surface area contributed by atoms with Crippen molar-refractivity contribution < 1.29 is 9.18 Å². The molecule has 1 amide bonds. The molecule has 0 aromatic heterocycles. The average Bonchev–Trinajstić information content (AvgIpc) is 3.13. The Bertz CT molecular complexity index is 484. The van der Waals surface area contributed by atoms with Crippen LogP contribution in [0.2, 0.25) is 0 Å². The Morgan fingerprint density at radius 2 is 2.11 bits per heavy atom. The molecule has 3 nitrogen and oxygen atoms in total. The average molecular weight is 264 g/mol. The van der Waals surface area contributed by atoms with E-state index in [9.17, 15) is 9.18 Å². The fourth-order valence-electron chi connectivity index (χ4n) is 2.31. The summed E-state index contributed by atoms with van der Waals surface area (Å²) in [7, 11) is 0. The van der Waals surface area contributed by atoms with Gasteiger partial charge in [-0.25, -0.2) is 4.39 Å². The molecular weight excluding hydrogens is 243 g/mol. The monoisotopic (exact) mass is 264 g/mol. The van der Waals surface area contributed by atoms with Gasteiger partial charge in [0.2, 0.25) is 0 Å². The van der Waals surface area contributed by atoms with Crippen molar-refractivity contribution in [2.24, 2.45) is 11.3 Å². The summed E-state index contributed by atoms with van der Waals surface area (Å²) >= 11 is 0. The number of nitrogen functional groups attached to an aromatic ring is 1. The predicted octanol–water partition coefficient (Wildman–Crippen LogP) is 2.88. The fourth-order valence-corrected chi connectivity index (χ4v) is 2.31. The van der Waals surface area contributed by atoms with Gasteiger partial charge in [0.05, 0.1) is 0 Å². The number of amides is 1. The number of nitrogens with one attached hydrogen (secondary N) is 1. The van der Waals surface area contributed by atoms with Crippen LogP contribution in [0.3, 0.4) is 0 Å². The first-order valence-corrected chi connectivity index (χ1v) is 6.69. The maximum atomic E-state index is 13.6. The number of hydrogen-bond acceptors (Lipinski definition) is 2. The Hall–Kier alpha value is -1.58. The third-order valence-corrected chi connectivity index (χ3v) is 4.36. The first-order chi connectivity index (χ1) is 8.85. The molecule has 1 fully saturated rings. The smallest absolute Gasteiger partial charge is 0.251 e. The van der Waals surface area contributed by atoms with E-state index in [-0.39, 0.29) is 11.3 Å². The molecule has 0 radical (unpaired) electrons. The molecule has 0 unspecified atom stereocenters. The van der Waals surface area contributed by atoms with Crippen LogP contribution in [0, 0.1) is 24.1 Å². The van der Waals surface area contributed by atoms with E-state index in [2.05, 4.69) is 19.2 Å². The lowest BCUT2D eigenvalue weighted by atomic mass is 9.92. The summed E-state index contributed by atoms with van der Waals surface area (Å²) in [5.41, 5.74) is 6.92. The van der Waals surface area contributed by atoms with Crippen molar-refractivity contribution in [2.75, 3.05) is 12.3 Å². The first-order valence-electron chi connectivity index (χ1n) is 6.69. The Labute approximate surface area is 113 Å². The van der Waals surface area contributed by atoms with Crippen molar-refractivity contribution in [3.63, 3.8) is 0 Å². The number of benzene rings is 1. The summed E-state index contributed by atoms with van der Waals surface area (Å²) in [5, 5.41) is 2.90. The second-order valence-corrected chi connectivity index (χ2v) is 5.87. The van der Waals surface area contributed by atoms with Gasteiger partial charge in [-0.15, -0.1) is 0 Å². The van der Waals surface area contributed by atoms with Crippen LogP contribution < -0.4 is 11.1 Å². The summed E-state index contributed by atoms with van der Waals surface area (Å²) in [4.78, 5) is 12.0. The molecular formula is C15H21FN2O. The lowest BCUT2D eigenvalue weighted by Gasteiger charge is -2.20. The fraction of sp³-hybridized carbons (Fsp3) is 0.533. The molecule has 104 valence electrons. The highest BCUT2D eigenvalue weighted by atomic mass is 19.1. The maximum Gasteiger partial charge on any atom is 0.251 e. The quantitative estimate of drug-likeness (QED) is 0.822. The van der Waals surface area contributed by atoms with Crippen molar-refractivity contribution in [2.45, 2.75) is 33.6 Å². The summed E-state index contributed by atoms with van der Waals surface area (Å²) in [5.74, 6) is -0.139. The van der Waals surface area contributed by atoms with Gasteiger partial charge in [0.1, 0.15) is 5.82 Å². The number of nitrogens with two attached hydrogens (primary N) is 1. The summed E-state index contributed by atoms with van der Waals surface area (Å²) in [6.07, 6.45) is 2.30. The van der Waals surface area contributed by atoms with E-state index in [1.54, 1.807) is 6.92 Å². The van der Waals surface area contributed by atoms with E-state index >= 15 is 0 Å². The van der Waals surface area contributed by atoms with Gasteiger partial charge in [0.25, 0.3) is 5.91 Å². The molecule has 2 rings (SSSR count). The van der Waals surface area contributed by atoms with Crippen molar-refractivity contribution in [1.82, 2.24) is 5.32 Å². The Balaban J connectivity index is 2.05. The highest BCUT2D eigenvalue weighted by Crippen LogP contribution is 2.51. The van der Waals surface area contributed by atoms with E-state index in [4.69, 9.17) is 5.73 Å². The van der Waals surface area contributed by atoms with Gasteiger partial charge in [-0.05, 0) is 43.2 Å². The molecule has 0 bridgehead atoms. The molecule has 0 spiro atoms. The minimum Gasteiger partial charge on any atom is -0.398 e. The van der Waals surface area contributed by atoms with Gasteiger partial charge < -0.3 is 11.1 Å². The number of halogens is 1. The largest absolute Gasteiger partial charge is 0.398 e.